The van der Waals surface area contributed by atoms with Gasteiger partial charge in [0.15, 0.2) is 0 Å². The van der Waals surface area contributed by atoms with Crippen molar-refractivity contribution in [3.05, 3.63) is 36.8 Å². The van der Waals surface area contributed by atoms with Gasteiger partial charge in [0.1, 0.15) is 10.8 Å². The lowest BCUT2D eigenvalue weighted by Crippen LogP contribution is -2.40. The van der Waals surface area contributed by atoms with E-state index in [1.165, 1.54) is 0 Å². The quantitative estimate of drug-likeness (QED) is 0.646. The monoisotopic (exact) mass is 180 g/mol. The molecular weight excluding hydrogens is 172 g/mol. The van der Waals surface area contributed by atoms with E-state index in [0.29, 0.717) is 10.8 Å². The summed E-state index contributed by atoms with van der Waals surface area (Å²) in [6.07, 6.45) is 3.10. The third-order valence-corrected chi connectivity index (χ3v) is 3.36. The smallest absolute Gasteiger partial charge is 0.316 e. The van der Waals surface area contributed by atoms with E-state index in [9.17, 15) is 4.80 Å². The predicted molar refractivity (Wildman–Crippen MR) is 46.1 cm³/mol. The first-order valence-corrected chi connectivity index (χ1v) is 5.30. The SMILES string of the molecule is O[SiH](c1ccco1)c1ccco1. The third-order valence-electron chi connectivity index (χ3n) is 1.63. The van der Waals surface area contributed by atoms with E-state index in [4.69, 9.17) is 8.83 Å². The van der Waals surface area contributed by atoms with E-state index < -0.39 is 9.04 Å². The predicted octanol–water partition coefficient (Wildman–Crippen LogP) is -0.297. The Kier molecular flexibility index (Phi) is 1.85. The Balaban J connectivity index is 2.27. The number of furan rings is 2. The van der Waals surface area contributed by atoms with Crippen LogP contribution in [0.25, 0.3) is 0 Å². The highest BCUT2D eigenvalue weighted by Crippen LogP contribution is 1.90. The van der Waals surface area contributed by atoms with Gasteiger partial charge in [0.05, 0.1) is 12.5 Å². The summed E-state index contributed by atoms with van der Waals surface area (Å²) in [6, 6.07) is 7.04. The summed E-state index contributed by atoms with van der Waals surface area (Å²) in [5.74, 6) is 0. The fourth-order valence-electron chi connectivity index (χ4n) is 1.03. The number of hydrogen-bond donors (Lipinski definition) is 1. The van der Waals surface area contributed by atoms with Gasteiger partial charge in [-0.1, -0.05) is 0 Å². The topological polar surface area (TPSA) is 46.5 Å². The van der Waals surface area contributed by atoms with Gasteiger partial charge in [-0.05, 0) is 24.3 Å². The van der Waals surface area contributed by atoms with E-state index in [1.807, 2.05) is 0 Å². The van der Waals surface area contributed by atoms with Crippen molar-refractivity contribution in [3.8, 4) is 0 Å². The van der Waals surface area contributed by atoms with Crippen molar-refractivity contribution in [1.82, 2.24) is 0 Å². The van der Waals surface area contributed by atoms with Crippen molar-refractivity contribution >= 4 is 19.8 Å². The van der Waals surface area contributed by atoms with Crippen molar-refractivity contribution in [3.63, 3.8) is 0 Å². The van der Waals surface area contributed by atoms with Gasteiger partial charge in [-0.25, -0.2) is 0 Å². The van der Waals surface area contributed by atoms with Gasteiger partial charge in [0, 0.05) is 0 Å². The summed E-state index contributed by atoms with van der Waals surface area (Å²) in [7, 11) is -2.15. The lowest BCUT2D eigenvalue weighted by Gasteiger charge is -1.99. The highest BCUT2D eigenvalue weighted by atomic mass is 28.3. The Morgan fingerprint density at radius 2 is 1.50 bits per heavy atom. The summed E-state index contributed by atoms with van der Waals surface area (Å²) in [5, 5.41) is 1.26. The average molecular weight is 180 g/mol. The fourth-order valence-corrected chi connectivity index (χ4v) is 2.32. The van der Waals surface area contributed by atoms with Gasteiger partial charge in [0.2, 0.25) is 0 Å². The van der Waals surface area contributed by atoms with Crippen molar-refractivity contribution in [1.29, 1.82) is 0 Å². The highest BCUT2D eigenvalue weighted by Gasteiger charge is 2.18. The van der Waals surface area contributed by atoms with E-state index in [-0.39, 0.29) is 0 Å². The van der Waals surface area contributed by atoms with Crippen LogP contribution in [-0.4, -0.2) is 13.8 Å². The average Bonchev–Trinajstić information content (AvgIpc) is 2.77. The van der Waals surface area contributed by atoms with Gasteiger partial charge in [-0.2, -0.15) is 0 Å². The van der Waals surface area contributed by atoms with Crippen molar-refractivity contribution in [2.45, 2.75) is 0 Å². The first kappa shape index (κ1) is 7.39. The molecular formula is C8H8O3Si. The van der Waals surface area contributed by atoms with Gasteiger partial charge in [-0.15, -0.1) is 0 Å². The second kappa shape index (κ2) is 3.00. The minimum absolute atomic E-state index is 0.630. The minimum Gasteiger partial charge on any atom is -0.471 e. The highest BCUT2D eigenvalue weighted by molar-refractivity contribution is 6.76. The third kappa shape index (κ3) is 1.22. The molecule has 0 unspecified atom stereocenters. The molecule has 0 saturated heterocycles. The molecule has 0 radical (unpaired) electrons. The Hall–Kier alpha value is -1.26. The molecule has 4 heteroatoms. The van der Waals surface area contributed by atoms with E-state index in [2.05, 4.69) is 0 Å². The molecule has 0 bridgehead atoms. The lowest BCUT2D eigenvalue weighted by molar-refractivity contribution is 0.529. The molecule has 0 aliphatic carbocycles. The molecule has 0 atom stereocenters. The number of hydrogen-bond acceptors (Lipinski definition) is 3. The number of rotatable bonds is 2. The van der Waals surface area contributed by atoms with Crippen molar-refractivity contribution < 1.29 is 13.6 Å². The molecule has 2 rings (SSSR count). The maximum Gasteiger partial charge on any atom is 0.316 e. The molecule has 2 aromatic heterocycles. The van der Waals surface area contributed by atoms with Crippen LogP contribution >= 0.6 is 0 Å². The summed E-state index contributed by atoms with van der Waals surface area (Å²) < 4.78 is 10.1. The van der Waals surface area contributed by atoms with Crippen LogP contribution in [0.5, 0.6) is 0 Å². The minimum atomic E-state index is -2.15. The van der Waals surface area contributed by atoms with Gasteiger partial charge < -0.3 is 13.6 Å². The summed E-state index contributed by atoms with van der Waals surface area (Å²) in [5.41, 5.74) is 0. The normalized spacial score (nSPS) is 10.8. The molecule has 0 amide bonds. The van der Waals surface area contributed by atoms with Crippen LogP contribution in [0.3, 0.4) is 0 Å². The van der Waals surface area contributed by atoms with Crippen molar-refractivity contribution in [2.24, 2.45) is 0 Å². The van der Waals surface area contributed by atoms with Gasteiger partial charge in [0.25, 0.3) is 0 Å². The second-order valence-electron chi connectivity index (χ2n) is 2.43. The molecule has 0 aliphatic rings. The van der Waals surface area contributed by atoms with Gasteiger partial charge >= 0.3 is 9.04 Å². The van der Waals surface area contributed by atoms with Crippen LogP contribution in [0.4, 0.5) is 0 Å². The van der Waals surface area contributed by atoms with E-state index in [1.54, 1.807) is 36.8 Å². The zero-order valence-corrected chi connectivity index (χ0v) is 7.46. The molecule has 3 nitrogen and oxygen atoms in total. The zero-order chi connectivity index (χ0) is 8.39. The molecule has 0 fully saturated rings. The van der Waals surface area contributed by atoms with Crippen molar-refractivity contribution in [2.75, 3.05) is 0 Å². The lowest BCUT2D eigenvalue weighted by atomic mass is 10.7. The molecule has 12 heavy (non-hydrogen) atoms. The summed E-state index contributed by atoms with van der Waals surface area (Å²) >= 11 is 0. The molecule has 2 heterocycles. The summed E-state index contributed by atoms with van der Waals surface area (Å²) in [4.78, 5) is 9.72. The maximum absolute atomic E-state index is 9.72. The van der Waals surface area contributed by atoms with Crippen LogP contribution < -0.4 is 10.8 Å². The maximum atomic E-state index is 9.72. The molecule has 0 spiro atoms. The second-order valence-corrected chi connectivity index (χ2v) is 4.38. The van der Waals surface area contributed by atoms with Crippen LogP contribution in [0.15, 0.2) is 45.6 Å². The van der Waals surface area contributed by atoms with Crippen LogP contribution in [0.1, 0.15) is 0 Å². The Morgan fingerprint density at radius 3 is 1.83 bits per heavy atom. The first-order chi connectivity index (χ1) is 5.88. The summed E-state index contributed by atoms with van der Waals surface area (Å²) in [6.45, 7) is 0. The standard InChI is InChI=1S/C8H8O3Si/c9-12(7-3-1-5-10-7)8-4-2-6-11-8/h1-6,9,12H. The Bertz CT molecular complexity index is 291. The van der Waals surface area contributed by atoms with Crippen LogP contribution in [0.2, 0.25) is 0 Å². The van der Waals surface area contributed by atoms with E-state index >= 15 is 0 Å². The zero-order valence-electron chi connectivity index (χ0n) is 6.31. The molecule has 0 aliphatic heterocycles. The largest absolute Gasteiger partial charge is 0.471 e. The molecule has 2 aromatic rings. The van der Waals surface area contributed by atoms with Crippen LogP contribution in [-0.2, 0) is 0 Å². The van der Waals surface area contributed by atoms with E-state index in [0.717, 1.165) is 0 Å². The molecule has 1 N–H and O–H groups in total. The molecule has 62 valence electrons. The van der Waals surface area contributed by atoms with Gasteiger partial charge in [-0.3, -0.25) is 0 Å². The molecule has 0 aromatic carbocycles. The Morgan fingerprint density at radius 1 is 1.00 bits per heavy atom. The molecule has 0 saturated carbocycles. The van der Waals surface area contributed by atoms with Crippen LogP contribution in [0, 0.1) is 0 Å². The fraction of sp³-hybridized carbons (Fsp3) is 0. The first-order valence-electron chi connectivity index (χ1n) is 3.63. The Labute approximate surface area is 71.0 Å².